The van der Waals surface area contributed by atoms with Gasteiger partial charge in [-0.05, 0) is 50.5 Å². The van der Waals surface area contributed by atoms with E-state index in [1.54, 1.807) is 0 Å². The van der Waals surface area contributed by atoms with Crippen molar-refractivity contribution in [2.45, 2.75) is 27.7 Å². The lowest BCUT2D eigenvalue weighted by atomic mass is 10.00. The second kappa shape index (κ2) is 3.23. The van der Waals surface area contributed by atoms with Gasteiger partial charge < -0.3 is 4.42 Å². The fourth-order valence-electron chi connectivity index (χ4n) is 1.92. The van der Waals surface area contributed by atoms with E-state index in [9.17, 15) is 4.79 Å². The molecule has 0 unspecified atom stereocenters. The second-order valence-electron chi connectivity index (χ2n) is 4.01. The lowest BCUT2D eigenvalue weighted by molar-refractivity contribution is 0.112. The van der Waals surface area contributed by atoms with Crippen molar-refractivity contribution in [3.05, 3.63) is 34.1 Å². The highest BCUT2D eigenvalue weighted by molar-refractivity contribution is 6.00. The van der Waals surface area contributed by atoms with E-state index in [1.165, 1.54) is 0 Å². The first-order chi connectivity index (χ1) is 7.06. The molecule has 1 heterocycles. The van der Waals surface area contributed by atoms with Gasteiger partial charge in [0.05, 0.1) is 0 Å². The van der Waals surface area contributed by atoms with Crippen molar-refractivity contribution in [3.63, 3.8) is 0 Å². The van der Waals surface area contributed by atoms with Crippen molar-refractivity contribution >= 4 is 17.3 Å². The summed E-state index contributed by atoms with van der Waals surface area (Å²) in [5.74, 6) is 0.891. The molecule has 0 spiro atoms. The highest BCUT2D eigenvalue weighted by atomic mass is 16.3. The molecule has 0 aliphatic carbocycles. The molecule has 78 valence electrons. The van der Waals surface area contributed by atoms with Crippen LogP contribution in [0.25, 0.3) is 11.0 Å². The Bertz CT molecular complexity index is 547. The summed E-state index contributed by atoms with van der Waals surface area (Å²) in [4.78, 5) is 11.0. The summed E-state index contributed by atoms with van der Waals surface area (Å²) in [5.41, 5.74) is 4.86. The van der Waals surface area contributed by atoms with Crippen LogP contribution in [0.1, 0.15) is 32.8 Å². The van der Waals surface area contributed by atoms with E-state index in [0.717, 1.165) is 45.3 Å². The van der Waals surface area contributed by atoms with Gasteiger partial charge in [-0.3, -0.25) is 4.79 Å². The summed E-state index contributed by atoms with van der Waals surface area (Å²) >= 11 is 0. The molecule has 2 rings (SSSR count). The first-order valence-corrected chi connectivity index (χ1v) is 5.01. The summed E-state index contributed by atoms with van der Waals surface area (Å²) in [6.45, 7) is 7.94. The van der Waals surface area contributed by atoms with Gasteiger partial charge in [-0.2, -0.15) is 0 Å². The zero-order valence-electron chi connectivity index (χ0n) is 9.47. The minimum Gasteiger partial charge on any atom is -0.461 e. The van der Waals surface area contributed by atoms with Crippen LogP contribution >= 0.6 is 0 Å². The topological polar surface area (TPSA) is 30.2 Å². The molecule has 1 aromatic carbocycles. The van der Waals surface area contributed by atoms with Crippen LogP contribution in [0.15, 0.2) is 10.5 Å². The first-order valence-electron chi connectivity index (χ1n) is 5.01. The third kappa shape index (κ3) is 1.29. The molecule has 0 saturated carbocycles. The van der Waals surface area contributed by atoms with Crippen LogP contribution in [0.4, 0.5) is 0 Å². The third-order valence-electron chi connectivity index (χ3n) is 3.11. The quantitative estimate of drug-likeness (QED) is 0.663. The molecular weight excluding hydrogens is 188 g/mol. The lowest BCUT2D eigenvalue weighted by Gasteiger charge is -2.03. The van der Waals surface area contributed by atoms with E-state index < -0.39 is 0 Å². The number of benzene rings is 1. The monoisotopic (exact) mass is 202 g/mol. The Hall–Kier alpha value is -1.57. The van der Waals surface area contributed by atoms with Gasteiger partial charge in [0.2, 0.25) is 0 Å². The molecule has 15 heavy (non-hydrogen) atoms. The van der Waals surface area contributed by atoms with Crippen LogP contribution in [0.2, 0.25) is 0 Å². The number of hydrogen-bond acceptors (Lipinski definition) is 2. The zero-order valence-corrected chi connectivity index (χ0v) is 9.47. The lowest BCUT2D eigenvalue weighted by Crippen LogP contribution is -1.89. The van der Waals surface area contributed by atoms with Crippen LogP contribution in [0.3, 0.4) is 0 Å². The van der Waals surface area contributed by atoms with Gasteiger partial charge in [0, 0.05) is 10.9 Å². The SMILES string of the molecule is Cc1cc(C=O)c2c(C)c(C)oc2c1C. The number of hydrogen-bond donors (Lipinski definition) is 0. The molecule has 0 amide bonds. The van der Waals surface area contributed by atoms with E-state index in [-0.39, 0.29) is 0 Å². The van der Waals surface area contributed by atoms with Crippen molar-refractivity contribution in [3.8, 4) is 0 Å². The van der Waals surface area contributed by atoms with Crippen molar-refractivity contribution in [1.29, 1.82) is 0 Å². The van der Waals surface area contributed by atoms with Crippen molar-refractivity contribution in [2.75, 3.05) is 0 Å². The number of rotatable bonds is 1. The average Bonchev–Trinajstić information content (AvgIpc) is 2.50. The molecule has 2 nitrogen and oxygen atoms in total. The molecule has 0 bridgehead atoms. The molecule has 0 aliphatic heterocycles. The molecule has 0 saturated heterocycles. The smallest absolute Gasteiger partial charge is 0.150 e. The summed E-state index contributed by atoms with van der Waals surface area (Å²) < 4.78 is 5.69. The summed E-state index contributed by atoms with van der Waals surface area (Å²) in [6, 6.07) is 1.92. The number of fused-ring (bicyclic) bond motifs is 1. The standard InChI is InChI=1S/C13H14O2/c1-7-5-11(6-14)12-9(3)10(4)15-13(12)8(7)2/h5-6H,1-4H3. The molecule has 2 heteroatoms. The normalized spacial score (nSPS) is 10.9. The Morgan fingerprint density at radius 3 is 2.40 bits per heavy atom. The number of aldehydes is 1. The Balaban J connectivity index is 3.03. The van der Waals surface area contributed by atoms with Gasteiger partial charge in [-0.1, -0.05) is 0 Å². The van der Waals surface area contributed by atoms with Crippen LogP contribution in [0.5, 0.6) is 0 Å². The molecule has 1 aromatic heterocycles. The second-order valence-corrected chi connectivity index (χ2v) is 4.01. The van der Waals surface area contributed by atoms with Crippen LogP contribution in [-0.4, -0.2) is 6.29 Å². The minimum absolute atomic E-state index is 0.724. The van der Waals surface area contributed by atoms with Crippen LogP contribution in [0, 0.1) is 27.7 Å². The molecule has 0 N–H and O–H groups in total. The maximum Gasteiger partial charge on any atom is 0.150 e. The van der Waals surface area contributed by atoms with E-state index in [1.807, 2.05) is 33.8 Å². The van der Waals surface area contributed by atoms with Gasteiger partial charge in [-0.25, -0.2) is 0 Å². The molecule has 0 radical (unpaired) electrons. The van der Waals surface area contributed by atoms with Crippen molar-refractivity contribution in [2.24, 2.45) is 0 Å². The highest BCUT2D eigenvalue weighted by Crippen LogP contribution is 2.31. The van der Waals surface area contributed by atoms with E-state index in [0.29, 0.717) is 0 Å². The molecule has 0 atom stereocenters. The first kappa shape index (κ1) is 9.97. The zero-order chi connectivity index (χ0) is 11.2. The van der Waals surface area contributed by atoms with E-state index in [4.69, 9.17) is 4.42 Å². The predicted octanol–water partition coefficient (Wildman–Crippen LogP) is 3.48. The summed E-state index contributed by atoms with van der Waals surface area (Å²) in [5, 5.41) is 0.964. The maximum absolute atomic E-state index is 11.0. The Kier molecular flexibility index (Phi) is 2.14. The number of aryl methyl sites for hydroxylation is 4. The minimum atomic E-state index is 0.724. The third-order valence-corrected chi connectivity index (χ3v) is 3.11. The average molecular weight is 202 g/mol. The largest absolute Gasteiger partial charge is 0.461 e. The molecule has 0 aliphatic rings. The van der Waals surface area contributed by atoms with Crippen molar-refractivity contribution in [1.82, 2.24) is 0 Å². The molecular formula is C13H14O2. The van der Waals surface area contributed by atoms with Gasteiger partial charge in [0.15, 0.2) is 6.29 Å². The Labute approximate surface area is 88.9 Å². The number of furan rings is 1. The van der Waals surface area contributed by atoms with Gasteiger partial charge in [0.25, 0.3) is 0 Å². The van der Waals surface area contributed by atoms with E-state index >= 15 is 0 Å². The van der Waals surface area contributed by atoms with Crippen LogP contribution < -0.4 is 0 Å². The Morgan fingerprint density at radius 2 is 1.80 bits per heavy atom. The number of carbonyl (C=O) groups is 1. The highest BCUT2D eigenvalue weighted by Gasteiger charge is 2.14. The van der Waals surface area contributed by atoms with E-state index in [2.05, 4.69) is 0 Å². The van der Waals surface area contributed by atoms with Gasteiger partial charge in [0.1, 0.15) is 11.3 Å². The van der Waals surface area contributed by atoms with Crippen LogP contribution in [-0.2, 0) is 0 Å². The summed E-state index contributed by atoms with van der Waals surface area (Å²) in [7, 11) is 0. The fraction of sp³-hybridized carbons (Fsp3) is 0.308. The number of carbonyl (C=O) groups excluding carboxylic acids is 1. The summed E-state index contributed by atoms with van der Waals surface area (Å²) in [6.07, 6.45) is 0.900. The predicted molar refractivity (Wildman–Crippen MR) is 60.5 cm³/mol. The maximum atomic E-state index is 11.0. The molecule has 0 fully saturated rings. The fourth-order valence-corrected chi connectivity index (χ4v) is 1.92. The van der Waals surface area contributed by atoms with Crippen molar-refractivity contribution < 1.29 is 9.21 Å². The van der Waals surface area contributed by atoms with Gasteiger partial charge >= 0.3 is 0 Å². The molecule has 2 aromatic rings. The van der Waals surface area contributed by atoms with Gasteiger partial charge in [-0.15, -0.1) is 0 Å². The Morgan fingerprint density at radius 1 is 1.13 bits per heavy atom.